The van der Waals surface area contributed by atoms with Gasteiger partial charge in [-0.1, -0.05) is 30.3 Å². The maximum Gasteiger partial charge on any atom is 0.352 e. The smallest absolute Gasteiger partial charge is 0.352 e. The van der Waals surface area contributed by atoms with E-state index in [9.17, 15) is 14.7 Å². The van der Waals surface area contributed by atoms with Crippen molar-refractivity contribution in [2.24, 2.45) is 0 Å². The first-order valence-corrected chi connectivity index (χ1v) is 6.09. The summed E-state index contributed by atoms with van der Waals surface area (Å²) in [7, 11) is 0. The van der Waals surface area contributed by atoms with Crippen molar-refractivity contribution in [3.63, 3.8) is 0 Å². The van der Waals surface area contributed by atoms with E-state index in [0.717, 1.165) is 0 Å². The Kier molecular flexibility index (Phi) is 3.51. The molecule has 0 aliphatic rings. The van der Waals surface area contributed by atoms with Crippen molar-refractivity contribution in [2.75, 3.05) is 0 Å². The summed E-state index contributed by atoms with van der Waals surface area (Å²) in [6.45, 7) is 3.98. The highest BCUT2D eigenvalue weighted by molar-refractivity contribution is 6.09. The van der Waals surface area contributed by atoms with Crippen molar-refractivity contribution in [1.29, 1.82) is 0 Å². The molecule has 1 aromatic carbocycles. The van der Waals surface area contributed by atoms with E-state index in [2.05, 4.69) is 0 Å². The second-order valence-corrected chi connectivity index (χ2v) is 4.31. The van der Waals surface area contributed by atoms with Crippen LogP contribution in [0.5, 0.6) is 0 Å². The van der Waals surface area contributed by atoms with Gasteiger partial charge in [-0.15, -0.1) is 0 Å². The molecule has 0 saturated heterocycles. The Morgan fingerprint density at radius 1 is 1.21 bits per heavy atom. The Morgan fingerprint density at radius 3 is 2.37 bits per heavy atom. The molecule has 0 saturated carbocycles. The summed E-state index contributed by atoms with van der Waals surface area (Å²) in [5.74, 6) is -1.16. The molecule has 0 aliphatic heterocycles. The second kappa shape index (κ2) is 5.10. The Bertz CT molecular complexity index is 626. The Labute approximate surface area is 111 Å². The highest BCUT2D eigenvalue weighted by Gasteiger charge is 2.21. The number of rotatable bonds is 4. The van der Waals surface area contributed by atoms with Gasteiger partial charge in [0.25, 0.3) is 0 Å². The number of carboxylic acids is 1. The second-order valence-electron chi connectivity index (χ2n) is 4.31. The zero-order valence-electron chi connectivity index (χ0n) is 10.9. The fourth-order valence-electron chi connectivity index (χ4n) is 2.22. The molecule has 2 aromatic rings. The van der Waals surface area contributed by atoms with Gasteiger partial charge in [0.1, 0.15) is 5.69 Å². The third-order valence-electron chi connectivity index (χ3n) is 3.07. The van der Waals surface area contributed by atoms with Crippen LogP contribution in [0.2, 0.25) is 0 Å². The van der Waals surface area contributed by atoms with Crippen molar-refractivity contribution < 1.29 is 14.7 Å². The minimum absolute atomic E-state index is 0.155. The highest BCUT2D eigenvalue weighted by Crippen LogP contribution is 2.19. The number of hydrogen-bond donors (Lipinski definition) is 1. The fraction of sp³-hybridized carbons (Fsp3) is 0.200. The van der Waals surface area contributed by atoms with Crippen LogP contribution in [-0.4, -0.2) is 21.4 Å². The maximum atomic E-state index is 12.4. The van der Waals surface area contributed by atoms with Gasteiger partial charge in [0.05, 0.1) is 5.69 Å². The number of aryl methyl sites for hydroxylation is 1. The first-order chi connectivity index (χ1) is 9.06. The van der Waals surface area contributed by atoms with Crippen LogP contribution in [0.4, 0.5) is 0 Å². The van der Waals surface area contributed by atoms with Gasteiger partial charge in [0.15, 0.2) is 0 Å². The Hall–Kier alpha value is -2.36. The van der Waals surface area contributed by atoms with Gasteiger partial charge in [-0.2, -0.15) is 0 Å². The van der Waals surface area contributed by atoms with Crippen LogP contribution in [0.1, 0.15) is 39.0 Å². The van der Waals surface area contributed by atoms with Crippen LogP contribution in [0, 0.1) is 6.92 Å². The van der Waals surface area contributed by atoms with Crippen molar-refractivity contribution in [2.45, 2.75) is 20.4 Å². The zero-order chi connectivity index (χ0) is 14.0. The molecular formula is C15H15NO3. The molecule has 0 amide bonds. The van der Waals surface area contributed by atoms with Gasteiger partial charge in [0.2, 0.25) is 5.78 Å². The molecule has 4 heteroatoms. The summed E-state index contributed by atoms with van der Waals surface area (Å²) in [6, 6.07) is 10.5. The first-order valence-electron chi connectivity index (χ1n) is 6.09. The lowest BCUT2D eigenvalue weighted by Crippen LogP contribution is -2.14. The van der Waals surface area contributed by atoms with Crippen LogP contribution >= 0.6 is 0 Å². The Morgan fingerprint density at radius 2 is 1.84 bits per heavy atom. The average Bonchev–Trinajstić information content (AvgIpc) is 2.75. The molecule has 1 aromatic heterocycles. The first kappa shape index (κ1) is 13.1. The largest absolute Gasteiger partial charge is 0.477 e. The number of carbonyl (C=O) groups is 2. The molecular weight excluding hydrogens is 242 g/mol. The molecule has 0 fully saturated rings. The van der Waals surface area contributed by atoms with Crippen molar-refractivity contribution in [3.05, 3.63) is 58.9 Å². The molecule has 19 heavy (non-hydrogen) atoms. The number of aromatic carboxylic acids is 1. The maximum absolute atomic E-state index is 12.4. The van der Waals surface area contributed by atoms with Crippen molar-refractivity contribution in [3.8, 4) is 0 Å². The summed E-state index contributed by atoms with van der Waals surface area (Å²) in [5.41, 5.74) is 1.77. The minimum Gasteiger partial charge on any atom is -0.477 e. The summed E-state index contributed by atoms with van der Waals surface area (Å²) in [5, 5.41) is 9.21. The van der Waals surface area contributed by atoms with Gasteiger partial charge in [-0.25, -0.2) is 4.79 Å². The number of hydrogen-bond acceptors (Lipinski definition) is 2. The number of carbonyl (C=O) groups excluding carboxylic acids is 1. The zero-order valence-corrected chi connectivity index (χ0v) is 10.9. The molecule has 1 heterocycles. The molecule has 98 valence electrons. The number of aromatic nitrogens is 1. The summed E-state index contributed by atoms with van der Waals surface area (Å²) in [4.78, 5) is 23.6. The SMILES string of the molecule is CCn1c(C(=O)c2ccccc2)cc(C)c1C(=O)O. The number of ketones is 1. The predicted octanol–water partition coefficient (Wildman–Crippen LogP) is 2.75. The van der Waals surface area contributed by atoms with Gasteiger partial charge < -0.3 is 9.67 Å². The monoisotopic (exact) mass is 257 g/mol. The molecule has 0 spiro atoms. The van der Waals surface area contributed by atoms with Gasteiger partial charge in [-0.3, -0.25) is 4.79 Å². The molecule has 0 radical (unpaired) electrons. The molecule has 2 rings (SSSR count). The number of nitrogens with zero attached hydrogens (tertiary/aromatic N) is 1. The fourth-order valence-corrected chi connectivity index (χ4v) is 2.22. The molecule has 0 unspecified atom stereocenters. The van der Waals surface area contributed by atoms with E-state index in [1.807, 2.05) is 13.0 Å². The van der Waals surface area contributed by atoms with Gasteiger partial charge >= 0.3 is 5.97 Å². The topological polar surface area (TPSA) is 59.3 Å². The predicted molar refractivity (Wildman–Crippen MR) is 71.7 cm³/mol. The summed E-state index contributed by atoms with van der Waals surface area (Å²) in [6.07, 6.45) is 0. The van der Waals surface area contributed by atoms with Crippen LogP contribution < -0.4 is 0 Å². The van der Waals surface area contributed by atoms with E-state index in [1.54, 1.807) is 41.8 Å². The van der Waals surface area contributed by atoms with E-state index in [4.69, 9.17) is 0 Å². The molecule has 4 nitrogen and oxygen atoms in total. The quantitative estimate of drug-likeness (QED) is 0.857. The molecule has 0 atom stereocenters. The van der Waals surface area contributed by atoms with E-state index in [0.29, 0.717) is 23.4 Å². The lowest BCUT2D eigenvalue weighted by atomic mass is 10.1. The van der Waals surface area contributed by atoms with Crippen molar-refractivity contribution in [1.82, 2.24) is 4.57 Å². The standard InChI is InChI=1S/C15H15NO3/c1-3-16-12(9-10(2)13(16)15(18)19)14(17)11-7-5-4-6-8-11/h4-9H,3H2,1-2H3,(H,18,19). The lowest BCUT2D eigenvalue weighted by Gasteiger charge is -2.08. The third kappa shape index (κ3) is 2.29. The van der Waals surface area contributed by atoms with Gasteiger partial charge in [0, 0.05) is 12.1 Å². The lowest BCUT2D eigenvalue weighted by molar-refractivity contribution is 0.0684. The van der Waals surface area contributed by atoms with Crippen LogP contribution in [0.3, 0.4) is 0 Å². The number of benzene rings is 1. The third-order valence-corrected chi connectivity index (χ3v) is 3.07. The highest BCUT2D eigenvalue weighted by atomic mass is 16.4. The van der Waals surface area contributed by atoms with E-state index < -0.39 is 5.97 Å². The molecule has 0 aliphatic carbocycles. The summed E-state index contributed by atoms with van der Waals surface area (Å²) < 4.78 is 1.55. The molecule has 1 N–H and O–H groups in total. The summed E-state index contributed by atoms with van der Waals surface area (Å²) >= 11 is 0. The van der Waals surface area contributed by atoms with Crippen molar-refractivity contribution >= 4 is 11.8 Å². The van der Waals surface area contributed by atoms with Crippen LogP contribution in [-0.2, 0) is 6.54 Å². The Balaban J connectivity index is 2.55. The van der Waals surface area contributed by atoms with Crippen LogP contribution in [0.15, 0.2) is 36.4 Å². The van der Waals surface area contributed by atoms with E-state index in [1.165, 1.54) is 0 Å². The van der Waals surface area contributed by atoms with E-state index >= 15 is 0 Å². The normalized spacial score (nSPS) is 10.4. The van der Waals surface area contributed by atoms with Gasteiger partial charge in [-0.05, 0) is 25.5 Å². The van der Waals surface area contributed by atoms with E-state index in [-0.39, 0.29) is 11.5 Å². The minimum atomic E-state index is -1.01. The van der Waals surface area contributed by atoms with Crippen LogP contribution in [0.25, 0.3) is 0 Å². The number of carboxylic acid groups (broad SMARTS) is 1. The molecule has 0 bridgehead atoms. The average molecular weight is 257 g/mol.